The van der Waals surface area contributed by atoms with Crippen LogP contribution in [0.2, 0.25) is 0 Å². The number of hydrogen-bond acceptors (Lipinski definition) is 4. The summed E-state index contributed by atoms with van der Waals surface area (Å²) in [5.41, 5.74) is 4.50. The lowest BCUT2D eigenvalue weighted by molar-refractivity contribution is 0.547. The molecule has 5 nitrogen and oxygen atoms in total. The molecule has 0 atom stereocenters. The fraction of sp³-hybridized carbons (Fsp3) is 0.571. The molecule has 1 aromatic carbocycles. The average molecular weight is 398 g/mol. The van der Waals surface area contributed by atoms with Crippen LogP contribution in [0, 0.1) is 18.6 Å². The molecule has 0 spiro atoms. The van der Waals surface area contributed by atoms with E-state index in [9.17, 15) is 8.78 Å². The lowest BCUT2D eigenvalue weighted by Gasteiger charge is -2.16. The van der Waals surface area contributed by atoms with Crippen molar-refractivity contribution in [1.82, 2.24) is 15.2 Å². The number of nitrogens with one attached hydrogen (secondary N) is 2. The third-order valence-corrected chi connectivity index (χ3v) is 3.93. The Balaban J connectivity index is 0.000000443. The van der Waals surface area contributed by atoms with Gasteiger partial charge in [0.25, 0.3) is 0 Å². The van der Waals surface area contributed by atoms with E-state index >= 15 is 0 Å². The number of halogens is 2. The van der Waals surface area contributed by atoms with E-state index in [0.717, 1.165) is 37.3 Å². The first-order valence-corrected chi connectivity index (χ1v) is 10.2. The zero-order valence-electron chi connectivity index (χ0n) is 18.2. The van der Waals surface area contributed by atoms with Crippen LogP contribution in [-0.2, 0) is 19.5 Å². The summed E-state index contributed by atoms with van der Waals surface area (Å²) in [4.78, 5) is 0. The van der Waals surface area contributed by atoms with Gasteiger partial charge in [-0.3, -0.25) is 11.3 Å². The normalized spacial score (nSPS) is 11.5. The number of nitrogens with zero attached hydrogens (tertiary/aromatic N) is 2. The maximum Gasteiger partial charge on any atom is 0.132 e. The van der Waals surface area contributed by atoms with Crippen molar-refractivity contribution < 1.29 is 8.78 Å². The van der Waals surface area contributed by atoms with Gasteiger partial charge in [0.1, 0.15) is 17.5 Å². The zero-order chi connectivity index (χ0) is 21.5. The third kappa shape index (κ3) is 7.56. The van der Waals surface area contributed by atoms with Crippen LogP contribution in [-0.4, -0.2) is 16.3 Å². The van der Waals surface area contributed by atoms with Gasteiger partial charge in [-0.05, 0) is 31.4 Å². The third-order valence-electron chi connectivity index (χ3n) is 3.93. The summed E-state index contributed by atoms with van der Waals surface area (Å²) in [6.07, 6.45) is 4.23. The topological polar surface area (TPSA) is 67.9 Å². The highest BCUT2D eigenvalue weighted by Crippen LogP contribution is 2.18. The van der Waals surface area contributed by atoms with Gasteiger partial charge in [-0.1, -0.05) is 47.1 Å². The summed E-state index contributed by atoms with van der Waals surface area (Å²) in [6.45, 7) is 14.3. The van der Waals surface area contributed by atoms with E-state index in [1.54, 1.807) is 6.92 Å². The Morgan fingerprint density at radius 1 is 1.21 bits per heavy atom. The molecule has 0 amide bonds. The Hall–Kier alpha value is -1.99. The molecule has 2 heterocycles. The molecule has 1 aromatic heterocycles. The molecule has 0 bridgehead atoms. The van der Waals surface area contributed by atoms with E-state index in [-0.39, 0.29) is 5.56 Å². The molecule has 0 saturated carbocycles. The number of fused-ring (bicyclic) bond motifs is 1. The molecule has 3 rings (SSSR count). The first kappa shape index (κ1) is 26.0. The monoisotopic (exact) mass is 397 g/mol. The molecule has 1 aliphatic rings. The molecule has 2 aromatic rings. The molecule has 28 heavy (non-hydrogen) atoms. The molecule has 0 saturated heterocycles. The highest BCUT2D eigenvalue weighted by molar-refractivity contribution is 5.44. The van der Waals surface area contributed by atoms with Gasteiger partial charge in [-0.15, -0.1) is 0 Å². The van der Waals surface area contributed by atoms with Crippen LogP contribution in [0.4, 0.5) is 14.6 Å². The van der Waals surface area contributed by atoms with Gasteiger partial charge in [0.2, 0.25) is 0 Å². The van der Waals surface area contributed by atoms with Crippen molar-refractivity contribution in [3.05, 3.63) is 46.7 Å². The minimum absolute atomic E-state index is 0.220. The number of aryl methyl sites for hydroxylation is 2. The van der Waals surface area contributed by atoms with Crippen LogP contribution in [0.25, 0.3) is 0 Å². The first-order valence-electron chi connectivity index (χ1n) is 10.2. The van der Waals surface area contributed by atoms with Crippen LogP contribution >= 0.6 is 0 Å². The number of benzene rings is 1. The lowest BCUT2D eigenvalue weighted by atomic mass is 10.1. The fourth-order valence-electron chi connectivity index (χ4n) is 2.67. The Kier molecular flexibility index (Phi) is 13.9. The van der Waals surface area contributed by atoms with E-state index in [4.69, 9.17) is 5.84 Å². The van der Waals surface area contributed by atoms with Crippen molar-refractivity contribution in [2.45, 2.75) is 73.9 Å². The number of aromatic nitrogens is 2. The summed E-state index contributed by atoms with van der Waals surface area (Å²) in [7, 11) is 0. The highest BCUT2D eigenvalue weighted by atomic mass is 19.1. The highest BCUT2D eigenvalue weighted by Gasteiger charge is 2.12. The van der Waals surface area contributed by atoms with Crippen LogP contribution in [0.5, 0.6) is 0 Å². The standard InChI is InChI=1S/C10H12F2.C7H13N5.2C2H6/c1-3-4-8-9(11)6-5-7(2)10(8)12;8-10-4-6-5-11-12-3-1-2-9-7(6)12;2*1-2/h5-6H,3-4H2,1-2H3;5,9-10H,1-4,8H2;2*1-2H3. The molecule has 0 radical (unpaired) electrons. The van der Waals surface area contributed by atoms with Crippen molar-refractivity contribution in [3.63, 3.8) is 0 Å². The second-order valence-corrected chi connectivity index (χ2v) is 5.81. The van der Waals surface area contributed by atoms with Crippen LogP contribution in [0.1, 0.15) is 64.2 Å². The Morgan fingerprint density at radius 3 is 2.50 bits per heavy atom. The zero-order valence-corrected chi connectivity index (χ0v) is 18.2. The van der Waals surface area contributed by atoms with Gasteiger partial charge in [0.05, 0.1) is 6.20 Å². The Morgan fingerprint density at radius 2 is 1.89 bits per heavy atom. The van der Waals surface area contributed by atoms with E-state index in [0.29, 0.717) is 18.5 Å². The first-order chi connectivity index (χ1) is 13.6. The number of hydrazine groups is 1. The summed E-state index contributed by atoms with van der Waals surface area (Å²) in [6, 6.07) is 2.78. The SMILES string of the molecule is CC.CC.CCCc1c(F)ccc(C)c1F.NNCc1cnn2c1NCCC2. The van der Waals surface area contributed by atoms with Crippen LogP contribution in [0.3, 0.4) is 0 Å². The van der Waals surface area contributed by atoms with E-state index < -0.39 is 11.6 Å². The molecule has 7 heteroatoms. The molecule has 0 fully saturated rings. The molecule has 0 unspecified atom stereocenters. The number of hydrogen-bond donors (Lipinski definition) is 3. The van der Waals surface area contributed by atoms with E-state index in [1.165, 1.54) is 12.1 Å². The maximum atomic E-state index is 13.2. The molecular weight excluding hydrogens is 360 g/mol. The predicted molar refractivity (Wildman–Crippen MR) is 114 cm³/mol. The van der Waals surface area contributed by atoms with E-state index in [2.05, 4.69) is 15.8 Å². The minimum Gasteiger partial charge on any atom is -0.370 e. The fourth-order valence-corrected chi connectivity index (χ4v) is 2.67. The maximum absolute atomic E-state index is 13.2. The molecule has 160 valence electrons. The average Bonchev–Trinajstić information content (AvgIpc) is 3.15. The molecular formula is C21H37F2N5. The lowest BCUT2D eigenvalue weighted by Crippen LogP contribution is -2.23. The van der Waals surface area contributed by atoms with Gasteiger partial charge in [-0.2, -0.15) is 5.10 Å². The van der Waals surface area contributed by atoms with Gasteiger partial charge >= 0.3 is 0 Å². The second kappa shape index (κ2) is 15.0. The summed E-state index contributed by atoms with van der Waals surface area (Å²) < 4.78 is 28.2. The van der Waals surface area contributed by atoms with Crippen molar-refractivity contribution in [2.24, 2.45) is 5.84 Å². The van der Waals surface area contributed by atoms with Gasteiger partial charge in [0, 0.05) is 30.8 Å². The van der Waals surface area contributed by atoms with Gasteiger partial charge in [-0.25, -0.2) is 13.5 Å². The van der Waals surface area contributed by atoms with E-state index in [1.807, 2.05) is 45.5 Å². The summed E-state index contributed by atoms with van der Waals surface area (Å²) in [5, 5.41) is 7.53. The second-order valence-electron chi connectivity index (χ2n) is 5.81. The summed E-state index contributed by atoms with van der Waals surface area (Å²) >= 11 is 0. The molecule has 0 aliphatic carbocycles. The minimum atomic E-state index is -0.431. The molecule has 4 N–H and O–H groups in total. The number of nitrogens with two attached hydrogens (primary N) is 1. The van der Waals surface area contributed by atoms with Gasteiger partial charge in [0.15, 0.2) is 0 Å². The molecule has 1 aliphatic heterocycles. The number of rotatable bonds is 4. The summed E-state index contributed by atoms with van der Waals surface area (Å²) in [5.74, 6) is 5.53. The van der Waals surface area contributed by atoms with Crippen LogP contribution < -0.4 is 16.6 Å². The van der Waals surface area contributed by atoms with Crippen molar-refractivity contribution >= 4 is 5.82 Å². The van der Waals surface area contributed by atoms with Crippen LogP contribution in [0.15, 0.2) is 18.3 Å². The van der Waals surface area contributed by atoms with Gasteiger partial charge < -0.3 is 5.32 Å². The quantitative estimate of drug-likeness (QED) is 0.505. The van der Waals surface area contributed by atoms with Crippen molar-refractivity contribution in [2.75, 3.05) is 11.9 Å². The van der Waals surface area contributed by atoms with Crippen molar-refractivity contribution in [1.29, 1.82) is 0 Å². The Labute approximate surface area is 168 Å². The predicted octanol–water partition coefficient (Wildman–Crippen LogP) is 4.94. The largest absolute Gasteiger partial charge is 0.370 e. The number of anilines is 1. The van der Waals surface area contributed by atoms with Crippen molar-refractivity contribution in [3.8, 4) is 0 Å². The smallest absolute Gasteiger partial charge is 0.132 e. The Bertz CT molecular complexity index is 671.